The molecule has 1 amide bonds. The maximum Gasteiger partial charge on any atom is 0.230 e. The first-order chi connectivity index (χ1) is 11.6. The molecule has 0 spiro atoms. The number of ether oxygens (including phenoxy) is 1. The average molecular weight is 364 g/mol. The van der Waals surface area contributed by atoms with Gasteiger partial charge in [0.2, 0.25) is 5.91 Å². The smallest absolute Gasteiger partial charge is 0.230 e. The quantitative estimate of drug-likeness (QED) is 0.728. The van der Waals surface area contributed by atoms with Crippen LogP contribution in [0.5, 0.6) is 5.75 Å². The van der Waals surface area contributed by atoms with Crippen molar-refractivity contribution in [2.75, 3.05) is 12.9 Å². The molecule has 1 N–H and O–H groups in total. The zero-order valence-corrected chi connectivity index (χ0v) is 15.5. The van der Waals surface area contributed by atoms with Gasteiger partial charge in [0.15, 0.2) is 0 Å². The predicted octanol–water partition coefficient (Wildman–Crippen LogP) is 4.85. The molecule has 0 radical (unpaired) electrons. The second kappa shape index (κ2) is 9.60. The summed E-state index contributed by atoms with van der Waals surface area (Å²) in [6.45, 7) is 2.06. The van der Waals surface area contributed by atoms with Crippen molar-refractivity contribution in [3.05, 3.63) is 64.7 Å². The van der Waals surface area contributed by atoms with E-state index in [2.05, 4.69) is 12.2 Å². The lowest BCUT2D eigenvalue weighted by atomic mass is 10.0. The molecule has 2 aromatic rings. The van der Waals surface area contributed by atoms with Crippen LogP contribution in [-0.2, 0) is 10.5 Å². The molecule has 0 fully saturated rings. The van der Waals surface area contributed by atoms with Gasteiger partial charge in [0.25, 0.3) is 0 Å². The molecule has 2 aromatic carbocycles. The fraction of sp³-hybridized carbons (Fsp3) is 0.316. The van der Waals surface area contributed by atoms with E-state index < -0.39 is 0 Å². The van der Waals surface area contributed by atoms with Crippen LogP contribution >= 0.6 is 23.4 Å². The summed E-state index contributed by atoms with van der Waals surface area (Å²) < 4.78 is 5.17. The fourth-order valence-electron chi connectivity index (χ4n) is 2.36. The molecule has 128 valence electrons. The molecule has 0 unspecified atom stereocenters. The first-order valence-corrected chi connectivity index (χ1v) is 9.41. The van der Waals surface area contributed by atoms with E-state index in [0.29, 0.717) is 5.75 Å². The van der Waals surface area contributed by atoms with Gasteiger partial charge in [0.05, 0.1) is 18.9 Å². The Balaban J connectivity index is 1.84. The number of benzene rings is 2. The summed E-state index contributed by atoms with van der Waals surface area (Å²) in [5.41, 5.74) is 2.14. The van der Waals surface area contributed by atoms with Crippen LogP contribution in [0.4, 0.5) is 0 Å². The molecule has 1 atom stereocenters. The minimum Gasteiger partial charge on any atom is -0.497 e. The SMILES string of the molecule is CC[C@@H](NC(=O)CSCc1ccccc1Cl)c1ccc(OC)cc1. The molecule has 0 heterocycles. The molecule has 0 saturated heterocycles. The van der Waals surface area contributed by atoms with Gasteiger partial charge in [-0.2, -0.15) is 0 Å². The molecule has 0 aliphatic carbocycles. The number of nitrogens with one attached hydrogen (secondary N) is 1. The van der Waals surface area contributed by atoms with Gasteiger partial charge < -0.3 is 10.1 Å². The van der Waals surface area contributed by atoms with Crippen LogP contribution in [0.15, 0.2) is 48.5 Å². The lowest BCUT2D eigenvalue weighted by Gasteiger charge is -2.18. The number of rotatable bonds is 8. The third-order valence-electron chi connectivity index (χ3n) is 3.71. The van der Waals surface area contributed by atoms with Crippen LogP contribution in [0.3, 0.4) is 0 Å². The van der Waals surface area contributed by atoms with Crippen molar-refractivity contribution < 1.29 is 9.53 Å². The predicted molar refractivity (Wildman–Crippen MR) is 102 cm³/mol. The minimum absolute atomic E-state index is 0.0179. The summed E-state index contributed by atoms with van der Waals surface area (Å²) in [6, 6.07) is 15.5. The number of amides is 1. The van der Waals surface area contributed by atoms with Gasteiger partial charge in [0, 0.05) is 10.8 Å². The van der Waals surface area contributed by atoms with E-state index in [0.717, 1.165) is 34.1 Å². The number of halogens is 1. The maximum absolute atomic E-state index is 12.2. The number of thioether (sulfide) groups is 1. The molecule has 5 heteroatoms. The first kappa shape index (κ1) is 18.7. The average Bonchev–Trinajstić information content (AvgIpc) is 2.61. The van der Waals surface area contributed by atoms with Gasteiger partial charge in [0.1, 0.15) is 5.75 Å². The highest BCUT2D eigenvalue weighted by molar-refractivity contribution is 7.99. The van der Waals surface area contributed by atoms with Crippen LogP contribution in [0.1, 0.15) is 30.5 Å². The molecule has 0 aliphatic heterocycles. The Labute approximate surface area is 152 Å². The number of hydrogen-bond acceptors (Lipinski definition) is 3. The van der Waals surface area contributed by atoms with E-state index in [-0.39, 0.29) is 11.9 Å². The minimum atomic E-state index is 0.0179. The Morgan fingerprint density at radius 3 is 2.54 bits per heavy atom. The third-order valence-corrected chi connectivity index (χ3v) is 5.06. The molecule has 0 aromatic heterocycles. The van der Waals surface area contributed by atoms with E-state index in [1.54, 1.807) is 18.9 Å². The Morgan fingerprint density at radius 1 is 1.21 bits per heavy atom. The summed E-state index contributed by atoms with van der Waals surface area (Å²) in [7, 11) is 1.64. The van der Waals surface area contributed by atoms with E-state index in [1.807, 2.05) is 48.5 Å². The normalized spacial score (nSPS) is 11.8. The summed E-state index contributed by atoms with van der Waals surface area (Å²) in [6.07, 6.45) is 0.841. The monoisotopic (exact) mass is 363 g/mol. The Kier molecular flexibility index (Phi) is 7.47. The van der Waals surface area contributed by atoms with Crippen LogP contribution in [0, 0.1) is 0 Å². The summed E-state index contributed by atoms with van der Waals surface area (Å²) >= 11 is 7.69. The van der Waals surface area contributed by atoms with E-state index in [1.165, 1.54) is 0 Å². The highest BCUT2D eigenvalue weighted by atomic mass is 35.5. The standard InChI is InChI=1S/C19H22ClNO2S/c1-3-18(14-8-10-16(23-2)11-9-14)21-19(22)13-24-12-15-6-4-5-7-17(15)20/h4-11,18H,3,12-13H2,1-2H3,(H,21,22)/t18-/m1/s1. The molecular formula is C19H22ClNO2S. The first-order valence-electron chi connectivity index (χ1n) is 7.88. The van der Waals surface area contributed by atoms with Gasteiger partial charge in [-0.25, -0.2) is 0 Å². The largest absolute Gasteiger partial charge is 0.497 e. The Bertz CT molecular complexity index is 661. The van der Waals surface area contributed by atoms with E-state index in [9.17, 15) is 4.79 Å². The lowest BCUT2D eigenvalue weighted by molar-refractivity contribution is -0.119. The van der Waals surface area contributed by atoms with Gasteiger partial charge in [-0.05, 0) is 35.7 Å². The van der Waals surface area contributed by atoms with Crippen LogP contribution in [-0.4, -0.2) is 18.8 Å². The van der Waals surface area contributed by atoms with Crippen molar-refractivity contribution in [3.8, 4) is 5.75 Å². The van der Waals surface area contributed by atoms with Gasteiger partial charge in [-0.15, -0.1) is 11.8 Å². The highest BCUT2D eigenvalue weighted by Gasteiger charge is 2.13. The van der Waals surface area contributed by atoms with Gasteiger partial charge in [-0.3, -0.25) is 4.79 Å². The van der Waals surface area contributed by atoms with Crippen molar-refractivity contribution in [1.29, 1.82) is 0 Å². The fourth-order valence-corrected chi connectivity index (χ4v) is 3.49. The van der Waals surface area contributed by atoms with Gasteiger partial charge in [-0.1, -0.05) is 48.9 Å². The number of methoxy groups -OCH3 is 1. The molecule has 24 heavy (non-hydrogen) atoms. The molecule has 2 rings (SSSR count). The second-order valence-electron chi connectivity index (χ2n) is 5.39. The van der Waals surface area contributed by atoms with Crippen LogP contribution in [0.25, 0.3) is 0 Å². The summed E-state index contributed by atoms with van der Waals surface area (Å²) in [4.78, 5) is 12.2. The summed E-state index contributed by atoms with van der Waals surface area (Å²) in [5, 5.41) is 3.83. The number of carbonyl (C=O) groups is 1. The van der Waals surface area contributed by atoms with Crippen molar-refractivity contribution >= 4 is 29.3 Å². The third kappa shape index (κ3) is 5.46. The number of carbonyl (C=O) groups excluding carboxylic acids is 1. The van der Waals surface area contributed by atoms with E-state index in [4.69, 9.17) is 16.3 Å². The lowest BCUT2D eigenvalue weighted by Crippen LogP contribution is -2.29. The molecule has 0 bridgehead atoms. The highest BCUT2D eigenvalue weighted by Crippen LogP contribution is 2.22. The van der Waals surface area contributed by atoms with Gasteiger partial charge >= 0.3 is 0 Å². The Hall–Kier alpha value is -1.65. The van der Waals surface area contributed by atoms with Crippen molar-refractivity contribution in [1.82, 2.24) is 5.32 Å². The van der Waals surface area contributed by atoms with Crippen molar-refractivity contribution in [2.24, 2.45) is 0 Å². The maximum atomic E-state index is 12.2. The topological polar surface area (TPSA) is 38.3 Å². The molecule has 3 nitrogen and oxygen atoms in total. The van der Waals surface area contributed by atoms with Crippen LogP contribution in [0.2, 0.25) is 5.02 Å². The number of hydrogen-bond donors (Lipinski definition) is 1. The zero-order chi connectivity index (χ0) is 17.4. The zero-order valence-electron chi connectivity index (χ0n) is 13.9. The molecule has 0 saturated carbocycles. The Morgan fingerprint density at radius 2 is 1.92 bits per heavy atom. The molecule has 0 aliphatic rings. The van der Waals surface area contributed by atoms with E-state index >= 15 is 0 Å². The van der Waals surface area contributed by atoms with Crippen LogP contribution < -0.4 is 10.1 Å². The second-order valence-corrected chi connectivity index (χ2v) is 6.78. The molecular weight excluding hydrogens is 342 g/mol. The van der Waals surface area contributed by atoms with Crippen molar-refractivity contribution in [2.45, 2.75) is 25.1 Å². The summed E-state index contributed by atoms with van der Waals surface area (Å²) in [5.74, 6) is 1.99. The van der Waals surface area contributed by atoms with Crippen molar-refractivity contribution in [3.63, 3.8) is 0 Å².